The second-order valence-corrected chi connectivity index (χ2v) is 3.96. The summed E-state index contributed by atoms with van der Waals surface area (Å²) in [6.07, 6.45) is 0. The summed E-state index contributed by atoms with van der Waals surface area (Å²) in [5.74, 6) is -0.451. The van der Waals surface area contributed by atoms with E-state index in [1.165, 1.54) is 7.11 Å². The molecule has 0 spiro atoms. The van der Waals surface area contributed by atoms with Gasteiger partial charge in [-0.2, -0.15) is 5.26 Å². The smallest absolute Gasteiger partial charge is 0.354 e. The number of methoxy groups -OCH3 is 1. The molecule has 1 N–H and O–H groups in total. The third kappa shape index (κ3) is 1.65. The van der Waals surface area contributed by atoms with Gasteiger partial charge in [0.15, 0.2) is 0 Å². The average Bonchev–Trinajstić information content (AvgIpc) is 2.67. The first-order valence-corrected chi connectivity index (χ1v) is 5.27. The normalized spacial score (nSPS) is 10.2. The van der Waals surface area contributed by atoms with E-state index in [0.29, 0.717) is 32.7 Å². The highest BCUT2D eigenvalue weighted by molar-refractivity contribution is 6.37. The van der Waals surface area contributed by atoms with Crippen LogP contribution in [0.1, 0.15) is 21.6 Å². The van der Waals surface area contributed by atoms with Gasteiger partial charge in [-0.05, 0) is 24.6 Å². The number of carbonyl (C=O) groups is 1. The maximum atomic E-state index is 11.5. The minimum atomic E-state index is -0.451. The highest BCUT2D eigenvalue weighted by Crippen LogP contribution is 2.31. The van der Waals surface area contributed by atoms with Gasteiger partial charge in [0.05, 0.1) is 17.7 Å². The molecule has 2 aromatic rings. The third-order valence-corrected chi connectivity index (χ3v) is 3.05. The lowest BCUT2D eigenvalue weighted by molar-refractivity contribution is 0.0594. The second kappa shape index (κ2) is 4.11. The zero-order valence-corrected chi connectivity index (χ0v) is 10.1. The number of nitriles is 1. The SMILES string of the molecule is COC(=O)c1[nH]c2ccc(C#N)c(Cl)c2c1C. The van der Waals surface area contributed by atoms with Crippen LogP contribution in [0.3, 0.4) is 0 Å². The van der Waals surface area contributed by atoms with Crippen molar-refractivity contribution in [3.05, 3.63) is 34.0 Å². The number of aromatic amines is 1. The Balaban J connectivity index is 2.80. The molecule has 1 heterocycles. The highest BCUT2D eigenvalue weighted by Gasteiger charge is 2.18. The number of nitrogens with zero attached hydrogens (tertiary/aromatic N) is 1. The van der Waals surface area contributed by atoms with Gasteiger partial charge in [-0.25, -0.2) is 4.79 Å². The molecular weight excluding hydrogens is 240 g/mol. The number of benzene rings is 1. The van der Waals surface area contributed by atoms with Gasteiger partial charge < -0.3 is 9.72 Å². The maximum Gasteiger partial charge on any atom is 0.354 e. The lowest BCUT2D eigenvalue weighted by Crippen LogP contribution is -2.02. The Kier molecular flexibility index (Phi) is 2.78. The third-order valence-electron chi connectivity index (χ3n) is 2.66. The standard InChI is InChI=1S/C12H9ClN2O2/c1-6-9-8(15-11(6)12(16)17-2)4-3-7(5-14)10(9)13/h3-4,15H,1-2H3. The van der Waals surface area contributed by atoms with Crippen LogP contribution in [0.5, 0.6) is 0 Å². The van der Waals surface area contributed by atoms with Crippen LogP contribution in [0.15, 0.2) is 12.1 Å². The molecule has 0 amide bonds. The molecule has 0 aliphatic heterocycles. The van der Waals surface area contributed by atoms with Gasteiger partial charge in [0.2, 0.25) is 0 Å². The molecule has 86 valence electrons. The molecule has 1 aromatic heterocycles. The summed E-state index contributed by atoms with van der Waals surface area (Å²) in [4.78, 5) is 14.4. The lowest BCUT2D eigenvalue weighted by atomic mass is 10.1. The molecule has 0 bridgehead atoms. The lowest BCUT2D eigenvalue weighted by Gasteiger charge is -1.98. The van der Waals surface area contributed by atoms with Crippen LogP contribution < -0.4 is 0 Å². The van der Waals surface area contributed by atoms with Crippen LogP contribution >= 0.6 is 11.6 Å². The molecule has 2 rings (SSSR count). The largest absolute Gasteiger partial charge is 0.464 e. The molecule has 0 unspecified atom stereocenters. The summed E-state index contributed by atoms with van der Waals surface area (Å²) in [7, 11) is 1.32. The quantitative estimate of drug-likeness (QED) is 0.789. The van der Waals surface area contributed by atoms with Crippen molar-refractivity contribution in [2.45, 2.75) is 6.92 Å². The van der Waals surface area contributed by atoms with Crippen LogP contribution in [-0.2, 0) is 4.74 Å². The molecule has 4 nitrogen and oxygen atoms in total. The van der Waals surface area contributed by atoms with Crippen LogP contribution in [-0.4, -0.2) is 18.1 Å². The second-order valence-electron chi connectivity index (χ2n) is 3.58. The number of aryl methyl sites for hydroxylation is 1. The number of fused-ring (bicyclic) bond motifs is 1. The Bertz CT molecular complexity index is 653. The molecule has 0 radical (unpaired) electrons. The van der Waals surface area contributed by atoms with Gasteiger partial charge in [-0.15, -0.1) is 0 Å². The first-order valence-electron chi connectivity index (χ1n) is 4.89. The molecule has 0 aliphatic carbocycles. The van der Waals surface area contributed by atoms with Crippen molar-refractivity contribution in [1.82, 2.24) is 4.98 Å². The van der Waals surface area contributed by atoms with Crippen molar-refractivity contribution < 1.29 is 9.53 Å². The van der Waals surface area contributed by atoms with E-state index in [1.807, 2.05) is 6.07 Å². The zero-order valence-electron chi connectivity index (χ0n) is 9.30. The summed E-state index contributed by atoms with van der Waals surface area (Å²) < 4.78 is 4.66. The van der Waals surface area contributed by atoms with Gasteiger partial charge in [0.1, 0.15) is 11.8 Å². The van der Waals surface area contributed by atoms with E-state index in [-0.39, 0.29) is 0 Å². The molecule has 0 saturated heterocycles. The molecule has 0 atom stereocenters. The highest BCUT2D eigenvalue weighted by atomic mass is 35.5. The van der Waals surface area contributed by atoms with E-state index in [4.69, 9.17) is 16.9 Å². The number of hydrogen-bond donors (Lipinski definition) is 1. The molecule has 0 aliphatic rings. The van der Waals surface area contributed by atoms with Gasteiger partial charge in [0.25, 0.3) is 0 Å². The number of carbonyl (C=O) groups excluding carboxylic acids is 1. The number of nitrogens with one attached hydrogen (secondary N) is 1. The molecule has 5 heteroatoms. The van der Waals surface area contributed by atoms with E-state index in [1.54, 1.807) is 19.1 Å². The number of esters is 1. The molecular formula is C12H9ClN2O2. The Morgan fingerprint density at radius 3 is 2.82 bits per heavy atom. The van der Waals surface area contributed by atoms with Crippen molar-refractivity contribution in [1.29, 1.82) is 5.26 Å². The Morgan fingerprint density at radius 2 is 2.24 bits per heavy atom. The van der Waals surface area contributed by atoms with E-state index < -0.39 is 5.97 Å². The van der Waals surface area contributed by atoms with Crippen LogP contribution in [0.25, 0.3) is 10.9 Å². The van der Waals surface area contributed by atoms with Crippen LogP contribution in [0.4, 0.5) is 0 Å². The number of halogens is 1. The van der Waals surface area contributed by atoms with E-state index in [9.17, 15) is 4.79 Å². The topological polar surface area (TPSA) is 65.9 Å². The molecule has 0 saturated carbocycles. The van der Waals surface area contributed by atoms with Gasteiger partial charge in [0, 0.05) is 10.9 Å². The fourth-order valence-electron chi connectivity index (χ4n) is 1.79. The first-order chi connectivity index (χ1) is 8.10. The monoisotopic (exact) mass is 248 g/mol. The number of aromatic nitrogens is 1. The number of ether oxygens (including phenoxy) is 1. The van der Waals surface area contributed by atoms with E-state index in [0.717, 1.165) is 0 Å². The van der Waals surface area contributed by atoms with Crippen molar-refractivity contribution in [3.63, 3.8) is 0 Å². The Labute approximate surface area is 103 Å². The minimum absolute atomic E-state index is 0.355. The van der Waals surface area contributed by atoms with Crippen molar-refractivity contribution in [3.8, 4) is 6.07 Å². The Morgan fingerprint density at radius 1 is 1.53 bits per heavy atom. The molecule has 17 heavy (non-hydrogen) atoms. The number of H-pyrrole nitrogens is 1. The number of hydrogen-bond acceptors (Lipinski definition) is 3. The van der Waals surface area contributed by atoms with Crippen molar-refractivity contribution >= 4 is 28.5 Å². The van der Waals surface area contributed by atoms with Gasteiger partial charge in [-0.1, -0.05) is 11.6 Å². The minimum Gasteiger partial charge on any atom is -0.464 e. The van der Waals surface area contributed by atoms with Crippen molar-refractivity contribution in [2.75, 3.05) is 7.11 Å². The first kappa shape index (κ1) is 11.5. The molecule has 1 aromatic carbocycles. The summed E-state index contributed by atoms with van der Waals surface area (Å²) in [5, 5.41) is 9.94. The summed E-state index contributed by atoms with van der Waals surface area (Å²) in [6, 6.07) is 5.34. The Hall–Kier alpha value is -1.99. The molecule has 0 fully saturated rings. The summed E-state index contributed by atoms with van der Waals surface area (Å²) in [5.41, 5.74) is 2.15. The van der Waals surface area contributed by atoms with Crippen LogP contribution in [0.2, 0.25) is 5.02 Å². The predicted octanol–water partition coefficient (Wildman–Crippen LogP) is 2.79. The zero-order chi connectivity index (χ0) is 12.6. The van der Waals surface area contributed by atoms with Crippen molar-refractivity contribution in [2.24, 2.45) is 0 Å². The fraction of sp³-hybridized carbons (Fsp3) is 0.167. The van der Waals surface area contributed by atoms with Gasteiger partial charge >= 0.3 is 5.97 Å². The summed E-state index contributed by atoms with van der Waals surface area (Å²) in [6.45, 7) is 1.76. The van der Waals surface area contributed by atoms with E-state index >= 15 is 0 Å². The fourth-order valence-corrected chi connectivity index (χ4v) is 2.14. The predicted molar refractivity (Wildman–Crippen MR) is 64.1 cm³/mol. The van der Waals surface area contributed by atoms with Gasteiger partial charge in [-0.3, -0.25) is 0 Å². The summed E-state index contributed by atoms with van der Waals surface area (Å²) >= 11 is 6.11. The van der Waals surface area contributed by atoms with Crippen LogP contribution in [0, 0.1) is 18.3 Å². The average molecular weight is 249 g/mol. The maximum absolute atomic E-state index is 11.5. The number of rotatable bonds is 1. The van der Waals surface area contributed by atoms with E-state index in [2.05, 4.69) is 9.72 Å².